The predicted octanol–water partition coefficient (Wildman–Crippen LogP) is 1.01. The molecule has 2 aromatic rings. The Hall–Kier alpha value is -2.81. The van der Waals surface area contributed by atoms with Crippen molar-refractivity contribution in [2.75, 3.05) is 31.6 Å². The summed E-state index contributed by atoms with van der Waals surface area (Å²) < 4.78 is 34.2. The van der Waals surface area contributed by atoms with Crippen LogP contribution in [0.15, 0.2) is 35.4 Å². The highest BCUT2D eigenvalue weighted by Crippen LogP contribution is 2.16. The highest BCUT2D eigenvalue weighted by molar-refractivity contribution is 5.94. The predicted molar refractivity (Wildman–Crippen MR) is 90.0 cm³/mol. The molecule has 1 saturated heterocycles. The molecule has 1 N–H and O–H groups in total. The van der Waals surface area contributed by atoms with Gasteiger partial charge in [0.1, 0.15) is 0 Å². The van der Waals surface area contributed by atoms with Crippen molar-refractivity contribution in [3.8, 4) is 0 Å². The van der Waals surface area contributed by atoms with Crippen molar-refractivity contribution in [2.45, 2.75) is 6.10 Å². The molecule has 0 spiro atoms. The van der Waals surface area contributed by atoms with E-state index in [2.05, 4.69) is 10.3 Å². The van der Waals surface area contributed by atoms with Gasteiger partial charge >= 0.3 is 0 Å². The molecular formula is C17H18F2N4O3. The maximum atomic E-state index is 13.8. The number of nitrogens with zero attached hydrogens (tertiary/aromatic N) is 3. The second-order valence-corrected chi connectivity index (χ2v) is 5.92. The minimum absolute atomic E-state index is 0.179. The number of amides is 1. The molecule has 2 heterocycles. The molecule has 1 atom stereocenters. The molecule has 7 nitrogen and oxygen atoms in total. The number of hydrogen-bond acceptors (Lipinski definition) is 5. The standard InChI is InChI=1S/C17H18F2N4O3/c1-22-6-5-20-15(17(22)25)21-9-11-10-23(7-8-26-11)16(24)12-3-2-4-13(18)14(12)19/h2-6,11H,7-10H2,1H3,(H,20,21). The Labute approximate surface area is 148 Å². The molecule has 0 bridgehead atoms. The molecule has 138 valence electrons. The lowest BCUT2D eigenvalue weighted by molar-refractivity contribution is -0.0151. The summed E-state index contributed by atoms with van der Waals surface area (Å²) in [5.41, 5.74) is -0.588. The smallest absolute Gasteiger partial charge is 0.293 e. The van der Waals surface area contributed by atoms with Crippen molar-refractivity contribution in [3.05, 3.63) is 58.1 Å². The number of carbonyl (C=O) groups is 1. The van der Waals surface area contributed by atoms with Crippen molar-refractivity contribution in [2.24, 2.45) is 7.05 Å². The molecule has 3 rings (SSSR count). The average molecular weight is 364 g/mol. The number of rotatable bonds is 4. The average Bonchev–Trinajstić information content (AvgIpc) is 2.65. The van der Waals surface area contributed by atoms with Crippen LogP contribution >= 0.6 is 0 Å². The second kappa shape index (κ2) is 7.61. The lowest BCUT2D eigenvalue weighted by Crippen LogP contribution is -2.48. The Morgan fingerprint density at radius 3 is 3.04 bits per heavy atom. The number of aryl methyl sites for hydroxylation is 1. The zero-order valence-electron chi connectivity index (χ0n) is 14.1. The molecule has 1 aliphatic heterocycles. The van der Waals surface area contributed by atoms with E-state index in [1.165, 1.54) is 27.8 Å². The van der Waals surface area contributed by atoms with E-state index in [4.69, 9.17) is 4.74 Å². The number of halogens is 2. The maximum Gasteiger partial charge on any atom is 0.293 e. The van der Waals surface area contributed by atoms with Gasteiger partial charge in [0.05, 0.1) is 18.3 Å². The van der Waals surface area contributed by atoms with Crippen LogP contribution in [0.5, 0.6) is 0 Å². The lowest BCUT2D eigenvalue weighted by Gasteiger charge is -2.33. The lowest BCUT2D eigenvalue weighted by atomic mass is 10.1. The topological polar surface area (TPSA) is 76.5 Å². The third-order valence-electron chi connectivity index (χ3n) is 4.12. The van der Waals surface area contributed by atoms with Crippen LogP contribution in [-0.4, -0.2) is 52.7 Å². The normalized spacial score (nSPS) is 17.2. The number of ether oxygens (including phenoxy) is 1. The van der Waals surface area contributed by atoms with Gasteiger partial charge in [-0.15, -0.1) is 0 Å². The number of aromatic nitrogens is 2. The summed E-state index contributed by atoms with van der Waals surface area (Å²) in [6.07, 6.45) is 2.63. The summed E-state index contributed by atoms with van der Waals surface area (Å²) in [5.74, 6) is -2.63. The van der Waals surface area contributed by atoms with Crippen molar-refractivity contribution < 1.29 is 18.3 Å². The number of nitrogens with one attached hydrogen (secondary N) is 1. The van der Waals surface area contributed by atoms with E-state index >= 15 is 0 Å². The first-order chi connectivity index (χ1) is 12.5. The number of carbonyl (C=O) groups excluding carboxylic acids is 1. The molecule has 9 heteroatoms. The summed E-state index contributed by atoms with van der Waals surface area (Å²) in [4.78, 5) is 29.8. The van der Waals surface area contributed by atoms with Crippen molar-refractivity contribution in [3.63, 3.8) is 0 Å². The quantitative estimate of drug-likeness (QED) is 0.876. The molecule has 1 aliphatic rings. The van der Waals surface area contributed by atoms with Gasteiger partial charge in [0, 0.05) is 39.1 Å². The van der Waals surface area contributed by atoms with E-state index in [9.17, 15) is 18.4 Å². The monoisotopic (exact) mass is 364 g/mol. The van der Waals surface area contributed by atoms with Gasteiger partial charge in [-0.2, -0.15) is 0 Å². The van der Waals surface area contributed by atoms with Crippen LogP contribution in [0.4, 0.5) is 14.6 Å². The summed E-state index contributed by atoms with van der Waals surface area (Å²) in [5, 5.41) is 2.90. The van der Waals surface area contributed by atoms with E-state index in [1.54, 1.807) is 13.2 Å². The Morgan fingerprint density at radius 2 is 2.23 bits per heavy atom. The third kappa shape index (κ3) is 3.72. The van der Waals surface area contributed by atoms with E-state index in [0.29, 0.717) is 0 Å². The molecule has 1 fully saturated rings. The van der Waals surface area contributed by atoms with Gasteiger partial charge in [-0.25, -0.2) is 13.8 Å². The molecule has 0 aliphatic carbocycles. The van der Waals surface area contributed by atoms with Crippen molar-refractivity contribution in [1.82, 2.24) is 14.5 Å². The summed E-state index contributed by atoms with van der Waals surface area (Å²) >= 11 is 0. The van der Waals surface area contributed by atoms with Gasteiger partial charge in [-0.3, -0.25) is 9.59 Å². The Balaban J connectivity index is 1.65. The fourth-order valence-electron chi connectivity index (χ4n) is 2.70. The van der Waals surface area contributed by atoms with E-state index in [1.807, 2.05) is 0 Å². The minimum Gasteiger partial charge on any atom is -0.373 e. The van der Waals surface area contributed by atoms with Gasteiger partial charge in [0.25, 0.3) is 11.5 Å². The van der Waals surface area contributed by atoms with Gasteiger partial charge in [-0.1, -0.05) is 6.07 Å². The minimum atomic E-state index is -1.16. The second-order valence-electron chi connectivity index (χ2n) is 5.92. The first-order valence-electron chi connectivity index (χ1n) is 8.07. The van der Waals surface area contributed by atoms with Gasteiger partial charge < -0.3 is 19.5 Å². The molecule has 26 heavy (non-hydrogen) atoms. The third-order valence-corrected chi connectivity index (χ3v) is 4.12. The fraction of sp³-hybridized carbons (Fsp3) is 0.353. The highest BCUT2D eigenvalue weighted by atomic mass is 19.2. The summed E-state index contributed by atoms with van der Waals surface area (Å²) in [6, 6.07) is 3.51. The molecule has 1 amide bonds. The largest absolute Gasteiger partial charge is 0.373 e. The van der Waals surface area contributed by atoms with Gasteiger partial charge in [0.15, 0.2) is 17.5 Å². The zero-order chi connectivity index (χ0) is 18.7. The van der Waals surface area contributed by atoms with Crippen LogP contribution in [0.2, 0.25) is 0 Å². The van der Waals surface area contributed by atoms with Crippen LogP contribution in [0.3, 0.4) is 0 Å². The Bertz CT molecular complexity index is 871. The Kier molecular flexibility index (Phi) is 5.27. The van der Waals surface area contributed by atoms with Crippen LogP contribution in [0.1, 0.15) is 10.4 Å². The van der Waals surface area contributed by atoms with E-state index in [0.717, 1.165) is 6.07 Å². The number of anilines is 1. The van der Waals surface area contributed by atoms with Crippen LogP contribution < -0.4 is 10.9 Å². The SMILES string of the molecule is Cn1ccnc(NCC2CN(C(=O)c3cccc(F)c3F)CCO2)c1=O. The first kappa shape index (κ1) is 18.0. The van der Waals surface area contributed by atoms with Crippen molar-refractivity contribution >= 4 is 11.7 Å². The molecule has 1 aromatic heterocycles. The number of morpholine rings is 1. The van der Waals surface area contributed by atoms with Crippen LogP contribution in [0.25, 0.3) is 0 Å². The fourth-order valence-corrected chi connectivity index (χ4v) is 2.70. The summed E-state index contributed by atoms with van der Waals surface area (Å²) in [6.45, 7) is 0.975. The molecule has 1 aromatic carbocycles. The van der Waals surface area contributed by atoms with E-state index in [-0.39, 0.29) is 43.2 Å². The number of hydrogen-bond donors (Lipinski definition) is 1. The number of benzene rings is 1. The van der Waals surface area contributed by atoms with Crippen molar-refractivity contribution in [1.29, 1.82) is 0 Å². The molecule has 1 unspecified atom stereocenters. The molecule has 0 radical (unpaired) electrons. The van der Waals surface area contributed by atoms with Gasteiger partial charge in [-0.05, 0) is 12.1 Å². The van der Waals surface area contributed by atoms with Crippen LogP contribution in [0, 0.1) is 11.6 Å². The first-order valence-corrected chi connectivity index (χ1v) is 8.07. The maximum absolute atomic E-state index is 13.8. The highest BCUT2D eigenvalue weighted by Gasteiger charge is 2.27. The van der Waals surface area contributed by atoms with E-state index < -0.39 is 23.6 Å². The van der Waals surface area contributed by atoms with Crippen LogP contribution in [-0.2, 0) is 11.8 Å². The molecule has 0 saturated carbocycles. The zero-order valence-corrected chi connectivity index (χ0v) is 14.1. The Morgan fingerprint density at radius 1 is 1.42 bits per heavy atom. The molecular weight excluding hydrogens is 346 g/mol. The van der Waals surface area contributed by atoms with Gasteiger partial charge in [0.2, 0.25) is 0 Å². The summed E-state index contributed by atoms with van der Waals surface area (Å²) in [7, 11) is 1.61.